The maximum atomic E-state index is 12.5. The van der Waals surface area contributed by atoms with Gasteiger partial charge in [0.25, 0.3) is 0 Å². The van der Waals surface area contributed by atoms with Crippen LogP contribution in [0.5, 0.6) is 5.88 Å². The molecule has 2 unspecified atom stereocenters. The molecule has 1 N–H and O–H groups in total. The first-order valence-electron chi connectivity index (χ1n) is 12.0. The Morgan fingerprint density at radius 1 is 1.11 bits per heavy atom. The van der Waals surface area contributed by atoms with Crippen molar-refractivity contribution in [2.24, 2.45) is 0 Å². The summed E-state index contributed by atoms with van der Waals surface area (Å²) in [6, 6.07) is 4.08. The largest absolute Gasteiger partial charge is 0.474 e. The number of rotatable bonds is 6. The summed E-state index contributed by atoms with van der Waals surface area (Å²) in [5.74, 6) is 1.90. The van der Waals surface area contributed by atoms with Crippen molar-refractivity contribution in [3.05, 3.63) is 42.4 Å². The average Bonchev–Trinajstić information content (AvgIpc) is 3.44. The normalized spacial score (nSPS) is 21.3. The number of anilines is 2. The Labute approximate surface area is 203 Å². The van der Waals surface area contributed by atoms with E-state index < -0.39 is 0 Å². The van der Waals surface area contributed by atoms with E-state index in [9.17, 15) is 4.79 Å². The summed E-state index contributed by atoms with van der Waals surface area (Å²) in [4.78, 5) is 31.8. The van der Waals surface area contributed by atoms with Gasteiger partial charge >= 0.3 is 6.09 Å². The Kier molecular flexibility index (Phi) is 6.23. The van der Waals surface area contributed by atoms with Gasteiger partial charge in [-0.2, -0.15) is 5.10 Å². The number of hydrogen-bond acceptors (Lipinski definition) is 9. The number of piperidine rings is 1. The van der Waals surface area contributed by atoms with E-state index in [-0.39, 0.29) is 30.4 Å². The highest BCUT2D eigenvalue weighted by atomic mass is 16.6. The second kappa shape index (κ2) is 9.47. The monoisotopic (exact) mass is 478 g/mol. The Hall–Kier alpha value is -3.76. The molecule has 184 valence electrons. The number of carbonyl (C=O) groups is 1. The lowest BCUT2D eigenvalue weighted by Crippen LogP contribution is -2.50. The summed E-state index contributed by atoms with van der Waals surface area (Å²) >= 11 is 0. The molecule has 1 amide bonds. The van der Waals surface area contributed by atoms with E-state index in [0.717, 1.165) is 42.6 Å². The average molecular weight is 479 g/mol. The van der Waals surface area contributed by atoms with Crippen LogP contribution in [0.15, 0.2) is 31.1 Å². The Bertz CT molecular complexity index is 1190. The van der Waals surface area contributed by atoms with Gasteiger partial charge in [0.15, 0.2) is 5.82 Å². The molecular weight excluding hydrogens is 448 g/mol. The second-order valence-corrected chi connectivity index (χ2v) is 9.36. The molecule has 5 rings (SSSR count). The zero-order valence-corrected chi connectivity index (χ0v) is 20.4. The fourth-order valence-corrected chi connectivity index (χ4v) is 4.88. The predicted molar refractivity (Wildman–Crippen MR) is 128 cm³/mol. The van der Waals surface area contributed by atoms with E-state index in [1.807, 2.05) is 44.7 Å². The molecule has 0 aliphatic carbocycles. The van der Waals surface area contributed by atoms with Crippen molar-refractivity contribution in [2.45, 2.75) is 77.7 Å². The SMILES string of the molecule is Cc1nc(-n2cncn2)ccc1Nc1ncnc(OC2CC3CCC(C2)N3C(=O)OC(C)C)c1C. The van der Waals surface area contributed by atoms with Crippen LogP contribution in [0, 0.1) is 13.8 Å². The minimum Gasteiger partial charge on any atom is -0.474 e. The smallest absolute Gasteiger partial charge is 0.410 e. The number of pyridine rings is 1. The maximum absolute atomic E-state index is 12.5. The molecule has 2 saturated heterocycles. The first-order valence-corrected chi connectivity index (χ1v) is 12.0. The van der Waals surface area contributed by atoms with E-state index >= 15 is 0 Å². The third-order valence-electron chi connectivity index (χ3n) is 6.53. The number of amides is 1. The van der Waals surface area contributed by atoms with E-state index in [0.29, 0.717) is 17.5 Å². The van der Waals surface area contributed by atoms with Crippen molar-refractivity contribution < 1.29 is 14.3 Å². The summed E-state index contributed by atoms with van der Waals surface area (Å²) in [5, 5.41) is 7.47. The van der Waals surface area contributed by atoms with Crippen LogP contribution in [-0.2, 0) is 4.74 Å². The van der Waals surface area contributed by atoms with Crippen molar-refractivity contribution in [1.29, 1.82) is 0 Å². The van der Waals surface area contributed by atoms with Gasteiger partial charge in [0.2, 0.25) is 5.88 Å². The molecule has 0 aromatic carbocycles. The first kappa shape index (κ1) is 23.0. The van der Waals surface area contributed by atoms with Gasteiger partial charge < -0.3 is 19.7 Å². The van der Waals surface area contributed by atoms with Crippen molar-refractivity contribution in [3.8, 4) is 11.7 Å². The summed E-state index contributed by atoms with van der Waals surface area (Å²) in [6.07, 6.45) is 7.72. The Morgan fingerprint density at radius 3 is 2.54 bits per heavy atom. The van der Waals surface area contributed by atoms with Crippen molar-refractivity contribution >= 4 is 17.6 Å². The van der Waals surface area contributed by atoms with Gasteiger partial charge in [-0.25, -0.2) is 29.4 Å². The molecule has 2 bridgehead atoms. The number of nitrogens with zero attached hydrogens (tertiary/aromatic N) is 7. The lowest BCUT2D eigenvalue weighted by atomic mass is 10.0. The molecule has 11 nitrogen and oxygen atoms in total. The van der Waals surface area contributed by atoms with Crippen molar-refractivity contribution in [3.63, 3.8) is 0 Å². The van der Waals surface area contributed by atoms with E-state index in [1.54, 1.807) is 11.0 Å². The van der Waals surface area contributed by atoms with Crippen LogP contribution in [0.1, 0.15) is 50.8 Å². The number of carbonyl (C=O) groups excluding carboxylic acids is 1. The molecule has 11 heteroatoms. The number of aromatic nitrogens is 6. The molecule has 3 aromatic rings. The Balaban J connectivity index is 1.27. The molecule has 2 atom stereocenters. The number of ether oxygens (including phenoxy) is 2. The van der Waals surface area contributed by atoms with Crippen LogP contribution < -0.4 is 10.1 Å². The summed E-state index contributed by atoms with van der Waals surface area (Å²) < 4.78 is 13.4. The van der Waals surface area contributed by atoms with Gasteiger partial charge in [-0.1, -0.05) is 0 Å². The molecule has 3 aromatic heterocycles. The summed E-state index contributed by atoms with van der Waals surface area (Å²) in [7, 11) is 0. The molecule has 0 radical (unpaired) electrons. The highest BCUT2D eigenvalue weighted by Gasteiger charge is 2.45. The topological polar surface area (TPSA) is 120 Å². The van der Waals surface area contributed by atoms with Gasteiger partial charge in [-0.3, -0.25) is 0 Å². The fraction of sp³-hybridized carbons (Fsp3) is 0.500. The molecule has 0 saturated carbocycles. The first-order chi connectivity index (χ1) is 16.9. The molecular formula is C24H30N8O3. The van der Waals surface area contributed by atoms with Crippen LogP contribution >= 0.6 is 0 Å². The quantitative estimate of drug-likeness (QED) is 0.565. The maximum Gasteiger partial charge on any atom is 0.410 e. The van der Waals surface area contributed by atoms with Crippen molar-refractivity contribution in [2.75, 3.05) is 5.32 Å². The molecule has 5 heterocycles. The third kappa shape index (κ3) is 4.75. The van der Waals surface area contributed by atoms with E-state index in [1.165, 1.54) is 12.7 Å². The van der Waals surface area contributed by atoms with Gasteiger partial charge in [-0.15, -0.1) is 0 Å². The molecule has 0 spiro atoms. The molecule has 2 aliphatic rings. The van der Waals surface area contributed by atoms with Crippen molar-refractivity contribution in [1.82, 2.24) is 34.6 Å². The van der Waals surface area contributed by atoms with Crippen LogP contribution in [0.2, 0.25) is 0 Å². The number of hydrogen-bond donors (Lipinski definition) is 1. The number of aryl methyl sites for hydroxylation is 1. The highest BCUT2D eigenvalue weighted by molar-refractivity contribution is 5.69. The fourth-order valence-electron chi connectivity index (χ4n) is 4.88. The highest BCUT2D eigenvalue weighted by Crippen LogP contribution is 2.38. The lowest BCUT2D eigenvalue weighted by molar-refractivity contribution is 0.0207. The third-order valence-corrected chi connectivity index (χ3v) is 6.53. The summed E-state index contributed by atoms with van der Waals surface area (Å²) in [5.41, 5.74) is 2.45. The summed E-state index contributed by atoms with van der Waals surface area (Å²) in [6.45, 7) is 7.61. The zero-order chi connectivity index (χ0) is 24.5. The van der Waals surface area contributed by atoms with Crippen LogP contribution in [0.4, 0.5) is 16.3 Å². The molecule has 2 fully saturated rings. The van der Waals surface area contributed by atoms with Gasteiger partial charge in [0.1, 0.15) is 30.9 Å². The van der Waals surface area contributed by atoms with Gasteiger partial charge in [0, 0.05) is 24.9 Å². The van der Waals surface area contributed by atoms with Gasteiger partial charge in [-0.05, 0) is 52.7 Å². The molecule has 2 aliphatic heterocycles. The second-order valence-electron chi connectivity index (χ2n) is 9.36. The standard InChI is InChI=1S/C24H30N8O3/c1-14(2)34-24(33)32-17-5-6-18(32)10-19(9-17)35-23-15(3)22(26-12-27-23)30-20-7-8-21(29-16(20)4)31-13-25-11-28-31/h7-8,11-14,17-19H,5-6,9-10H2,1-4H3,(H,26,27,30). The van der Waals surface area contributed by atoms with E-state index in [4.69, 9.17) is 9.47 Å². The Morgan fingerprint density at radius 2 is 1.89 bits per heavy atom. The lowest BCUT2D eigenvalue weighted by Gasteiger charge is -2.38. The minimum atomic E-state index is -0.213. The van der Waals surface area contributed by atoms with E-state index in [2.05, 4.69) is 30.4 Å². The van der Waals surface area contributed by atoms with Crippen LogP contribution in [-0.4, -0.2) is 65.0 Å². The molecule has 35 heavy (non-hydrogen) atoms. The van der Waals surface area contributed by atoms with Crippen LogP contribution in [0.3, 0.4) is 0 Å². The van der Waals surface area contributed by atoms with Crippen LogP contribution in [0.25, 0.3) is 5.82 Å². The number of nitrogens with one attached hydrogen (secondary N) is 1. The van der Waals surface area contributed by atoms with Gasteiger partial charge in [0.05, 0.1) is 23.0 Å². The zero-order valence-electron chi connectivity index (χ0n) is 20.4. The minimum absolute atomic E-state index is 0.0117. The number of fused-ring (bicyclic) bond motifs is 2. The predicted octanol–water partition coefficient (Wildman–Crippen LogP) is 3.73.